The molecule has 188 valence electrons. The van der Waals surface area contributed by atoms with Crippen molar-refractivity contribution in [3.05, 3.63) is 58.5 Å². The van der Waals surface area contributed by atoms with E-state index in [0.717, 1.165) is 6.42 Å². The molecule has 2 N–H and O–H groups in total. The summed E-state index contributed by atoms with van der Waals surface area (Å²) >= 11 is 0. The molecule has 0 spiro atoms. The van der Waals surface area contributed by atoms with Gasteiger partial charge in [0.2, 0.25) is 16.0 Å². The second kappa shape index (κ2) is 9.28. The minimum Gasteiger partial charge on any atom is -0.388 e. The van der Waals surface area contributed by atoms with Crippen molar-refractivity contribution < 1.29 is 13.5 Å². The molecular weight excluding hydrogens is 480 g/mol. The number of fused-ring (bicyclic) bond motifs is 1. The Labute approximate surface area is 209 Å². The molecule has 2 aliphatic rings. The molecule has 3 aromatic rings. The number of anilines is 1. The molecule has 0 bridgehead atoms. The molecule has 0 unspecified atom stereocenters. The van der Waals surface area contributed by atoms with E-state index < -0.39 is 15.6 Å². The van der Waals surface area contributed by atoms with Crippen molar-refractivity contribution in [1.29, 1.82) is 5.26 Å². The van der Waals surface area contributed by atoms with E-state index in [1.807, 2.05) is 6.07 Å². The SMILES string of the molecule is C[C@@]1(O)CCC[C@H]1n1c(=O)ccc2cnc(NC3CCN(S(=O)(=O)c4ccc(C#N)cc4)CC3)nc21. The van der Waals surface area contributed by atoms with Crippen molar-refractivity contribution in [1.82, 2.24) is 18.8 Å². The van der Waals surface area contributed by atoms with E-state index in [-0.39, 0.29) is 22.5 Å². The van der Waals surface area contributed by atoms with Gasteiger partial charge in [-0.2, -0.15) is 14.6 Å². The van der Waals surface area contributed by atoms with Gasteiger partial charge in [-0.3, -0.25) is 9.36 Å². The molecule has 36 heavy (non-hydrogen) atoms. The molecule has 0 radical (unpaired) electrons. The smallest absolute Gasteiger partial charge is 0.252 e. The summed E-state index contributed by atoms with van der Waals surface area (Å²) in [5.74, 6) is 0.368. The fourth-order valence-electron chi connectivity index (χ4n) is 5.22. The number of nitrogens with one attached hydrogen (secondary N) is 1. The summed E-state index contributed by atoms with van der Waals surface area (Å²) in [4.78, 5) is 22.0. The minimum absolute atomic E-state index is 0.0339. The van der Waals surface area contributed by atoms with Gasteiger partial charge in [0.15, 0.2) is 0 Å². The predicted octanol–water partition coefficient (Wildman–Crippen LogP) is 2.40. The van der Waals surface area contributed by atoms with Gasteiger partial charge in [0, 0.05) is 36.8 Å². The van der Waals surface area contributed by atoms with E-state index >= 15 is 0 Å². The van der Waals surface area contributed by atoms with E-state index in [1.54, 1.807) is 23.8 Å². The average molecular weight is 509 g/mol. The predicted molar refractivity (Wildman–Crippen MR) is 134 cm³/mol. The summed E-state index contributed by atoms with van der Waals surface area (Å²) < 4.78 is 29.0. The third-order valence-corrected chi connectivity index (χ3v) is 9.18. The van der Waals surface area contributed by atoms with Gasteiger partial charge in [-0.15, -0.1) is 0 Å². The van der Waals surface area contributed by atoms with Crippen molar-refractivity contribution in [2.45, 2.75) is 61.6 Å². The molecular formula is C25H28N6O4S. The van der Waals surface area contributed by atoms with Crippen LogP contribution in [0.25, 0.3) is 11.0 Å². The van der Waals surface area contributed by atoms with Gasteiger partial charge in [-0.25, -0.2) is 13.4 Å². The number of aromatic nitrogens is 3. The molecule has 11 heteroatoms. The van der Waals surface area contributed by atoms with Crippen LogP contribution in [0.1, 0.15) is 50.6 Å². The topological polar surface area (TPSA) is 141 Å². The van der Waals surface area contributed by atoms with Crippen molar-refractivity contribution in [3.8, 4) is 6.07 Å². The van der Waals surface area contributed by atoms with E-state index in [1.165, 1.54) is 34.6 Å². The molecule has 1 aliphatic heterocycles. The average Bonchev–Trinajstić information content (AvgIpc) is 3.22. The van der Waals surface area contributed by atoms with Crippen LogP contribution >= 0.6 is 0 Å². The molecule has 0 amide bonds. The molecule has 1 aromatic carbocycles. The van der Waals surface area contributed by atoms with Crippen LogP contribution in [0.4, 0.5) is 5.95 Å². The Hall–Kier alpha value is -3.33. The first-order chi connectivity index (χ1) is 17.2. The molecule has 1 saturated heterocycles. The Kier molecular flexibility index (Phi) is 6.28. The number of hydrogen-bond donors (Lipinski definition) is 2. The molecule has 5 rings (SSSR count). The Morgan fingerprint density at radius 3 is 2.50 bits per heavy atom. The third kappa shape index (κ3) is 4.48. The number of pyridine rings is 1. The highest BCUT2D eigenvalue weighted by Gasteiger charge is 2.39. The van der Waals surface area contributed by atoms with E-state index in [2.05, 4.69) is 15.3 Å². The van der Waals surface area contributed by atoms with Crippen LogP contribution in [0.2, 0.25) is 0 Å². The Balaban J connectivity index is 1.32. The summed E-state index contributed by atoms with van der Waals surface area (Å²) in [5, 5.41) is 23.8. The highest BCUT2D eigenvalue weighted by molar-refractivity contribution is 7.89. The number of aliphatic hydroxyl groups is 1. The zero-order valence-electron chi connectivity index (χ0n) is 20.0. The van der Waals surface area contributed by atoms with Crippen LogP contribution < -0.4 is 10.9 Å². The Bertz CT molecular complexity index is 1490. The maximum absolute atomic E-state index is 13.0. The van der Waals surface area contributed by atoms with Crippen molar-refractivity contribution in [2.75, 3.05) is 18.4 Å². The number of hydrogen-bond acceptors (Lipinski definition) is 8. The first kappa shape index (κ1) is 24.4. The lowest BCUT2D eigenvalue weighted by Crippen LogP contribution is -2.42. The first-order valence-electron chi connectivity index (χ1n) is 12.1. The van der Waals surface area contributed by atoms with Crippen molar-refractivity contribution in [3.63, 3.8) is 0 Å². The highest BCUT2D eigenvalue weighted by Crippen LogP contribution is 2.39. The molecule has 3 heterocycles. The van der Waals surface area contributed by atoms with Crippen molar-refractivity contribution >= 4 is 27.0 Å². The number of nitrogens with zero attached hydrogens (tertiary/aromatic N) is 5. The summed E-state index contributed by atoms with van der Waals surface area (Å²) in [6, 6.07) is 10.7. The summed E-state index contributed by atoms with van der Waals surface area (Å²) in [6.07, 6.45) is 4.95. The maximum Gasteiger partial charge on any atom is 0.252 e. The zero-order valence-corrected chi connectivity index (χ0v) is 20.8. The van der Waals surface area contributed by atoms with Gasteiger partial charge in [0.25, 0.3) is 5.56 Å². The third-order valence-electron chi connectivity index (χ3n) is 7.27. The van der Waals surface area contributed by atoms with E-state index in [0.29, 0.717) is 61.3 Å². The van der Waals surface area contributed by atoms with Gasteiger partial charge >= 0.3 is 0 Å². The monoisotopic (exact) mass is 508 g/mol. The van der Waals surface area contributed by atoms with Gasteiger partial charge in [0.05, 0.1) is 28.2 Å². The van der Waals surface area contributed by atoms with Gasteiger partial charge in [-0.1, -0.05) is 0 Å². The Morgan fingerprint density at radius 2 is 1.86 bits per heavy atom. The van der Waals surface area contributed by atoms with Gasteiger partial charge < -0.3 is 10.4 Å². The molecule has 2 aromatic heterocycles. The summed E-state index contributed by atoms with van der Waals surface area (Å²) in [6.45, 7) is 2.43. The number of benzene rings is 1. The second-order valence-corrected chi connectivity index (χ2v) is 11.7. The summed E-state index contributed by atoms with van der Waals surface area (Å²) in [7, 11) is -3.64. The number of rotatable bonds is 5. The van der Waals surface area contributed by atoms with Crippen LogP contribution in [0, 0.1) is 11.3 Å². The quantitative estimate of drug-likeness (QED) is 0.535. The van der Waals surface area contributed by atoms with Crippen LogP contribution in [0.5, 0.6) is 0 Å². The summed E-state index contributed by atoms with van der Waals surface area (Å²) in [5.41, 5.74) is -0.299. The first-order valence-corrected chi connectivity index (χ1v) is 13.5. The van der Waals surface area contributed by atoms with E-state index in [4.69, 9.17) is 5.26 Å². The lowest BCUT2D eigenvalue weighted by molar-refractivity contribution is 0.0267. The lowest BCUT2D eigenvalue weighted by atomic mass is 10.00. The second-order valence-electron chi connectivity index (χ2n) is 9.74. The normalized spacial score (nSPS) is 23.5. The van der Waals surface area contributed by atoms with Crippen LogP contribution in [0.3, 0.4) is 0 Å². The van der Waals surface area contributed by atoms with E-state index in [9.17, 15) is 18.3 Å². The molecule has 2 fully saturated rings. The fraction of sp³-hybridized carbons (Fsp3) is 0.440. The zero-order chi connectivity index (χ0) is 25.5. The number of nitriles is 1. The minimum atomic E-state index is -3.64. The molecule has 2 atom stereocenters. The fourth-order valence-corrected chi connectivity index (χ4v) is 6.69. The number of piperidine rings is 1. The van der Waals surface area contributed by atoms with Crippen LogP contribution in [-0.2, 0) is 10.0 Å². The molecule has 1 saturated carbocycles. The highest BCUT2D eigenvalue weighted by atomic mass is 32.2. The maximum atomic E-state index is 13.0. The number of sulfonamides is 1. The lowest BCUT2D eigenvalue weighted by Gasteiger charge is -2.31. The van der Waals surface area contributed by atoms with Crippen LogP contribution in [-0.4, -0.2) is 57.1 Å². The molecule has 1 aliphatic carbocycles. The van der Waals surface area contributed by atoms with Gasteiger partial charge in [-0.05, 0) is 69.4 Å². The Morgan fingerprint density at radius 1 is 1.14 bits per heavy atom. The largest absolute Gasteiger partial charge is 0.388 e. The molecule has 10 nitrogen and oxygen atoms in total. The standard InChI is InChI=1S/C25H28N6O4S/c1-25(33)12-2-3-21(25)31-22(32)9-6-18-16-27-24(29-23(18)31)28-19-10-13-30(14-11-19)36(34,35)20-7-4-17(15-26)5-8-20/h4-9,16,19,21,33H,2-3,10-14H2,1H3,(H,27,28,29)/t21-,25-/m1/s1. The van der Waals surface area contributed by atoms with Crippen LogP contribution in [0.15, 0.2) is 52.3 Å². The van der Waals surface area contributed by atoms with Crippen molar-refractivity contribution in [2.24, 2.45) is 0 Å². The van der Waals surface area contributed by atoms with Gasteiger partial charge in [0.1, 0.15) is 5.65 Å².